The van der Waals surface area contributed by atoms with Gasteiger partial charge >= 0.3 is 0 Å². The number of methoxy groups -OCH3 is 2. The normalized spacial score (nSPS) is 10.6. The number of nitrogens with zero attached hydrogens (tertiary/aromatic N) is 1. The van der Waals surface area contributed by atoms with Crippen LogP contribution in [0.2, 0.25) is 0 Å². The molecule has 5 nitrogen and oxygen atoms in total. The van der Waals surface area contributed by atoms with Crippen molar-refractivity contribution in [2.75, 3.05) is 25.3 Å². The minimum Gasteiger partial charge on any atom is -0.497 e. The van der Waals surface area contributed by atoms with Crippen molar-refractivity contribution in [3.63, 3.8) is 0 Å². The Morgan fingerprint density at radius 3 is 2.37 bits per heavy atom. The maximum atomic E-state index is 12.1. The highest BCUT2D eigenvalue weighted by atomic mass is 32.2. The zero-order valence-electron chi connectivity index (χ0n) is 16.9. The lowest BCUT2D eigenvalue weighted by molar-refractivity contribution is -0.113. The summed E-state index contributed by atoms with van der Waals surface area (Å²) >= 11 is 4.82. The van der Waals surface area contributed by atoms with E-state index in [1.54, 1.807) is 37.7 Å². The molecular formula is C22H24N2O3S3. The van der Waals surface area contributed by atoms with Crippen LogP contribution in [0.4, 0.5) is 5.13 Å². The van der Waals surface area contributed by atoms with Crippen molar-refractivity contribution in [3.8, 4) is 11.5 Å². The highest BCUT2D eigenvalue weighted by Gasteiger charge is 2.08. The molecule has 0 saturated carbocycles. The Morgan fingerprint density at radius 2 is 1.67 bits per heavy atom. The molecule has 0 atom stereocenters. The maximum absolute atomic E-state index is 12.1. The van der Waals surface area contributed by atoms with Crippen LogP contribution in [0, 0.1) is 0 Å². The molecule has 1 amide bonds. The molecule has 0 spiro atoms. The summed E-state index contributed by atoms with van der Waals surface area (Å²) in [5.74, 6) is 4.38. The first kappa shape index (κ1) is 22.5. The van der Waals surface area contributed by atoms with Crippen LogP contribution in [0.25, 0.3) is 0 Å². The molecule has 0 radical (unpaired) electrons. The largest absolute Gasteiger partial charge is 0.497 e. The maximum Gasteiger partial charge on any atom is 0.236 e. The Labute approximate surface area is 189 Å². The van der Waals surface area contributed by atoms with E-state index in [-0.39, 0.29) is 5.91 Å². The van der Waals surface area contributed by atoms with E-state index in [1.165, 1.54) is 16.9 Å². The van der Waals surface area contributed by atoms with Gasteiger partial charge in [-0.3, -0.25) is 4.79 Å². The van der Waals surface area contributed by atoms with Crippen molar-refractivity contribution in [2.45, 2.75) is 17.3 Å². The number of rotatable bonds is 11. The summed E-state index contributed by atoms with van der Waals surface area (Å²) in [6.07, 6.45) is 0. The second-order valence-electron chi connectivity index (χ2n) is 6.38. The van der Waals surface area contributed by atoms with Gasteiger partial charge in [0.15, 0.2) is 5.13 Å². The third-order valence-corrected chi connectivity index (χ3v) is 6.92. The lowest BCUT2D eigenvalue weighted by Gasteiger charge is -2.08. The number of ether oxygens (including phenoxy) is 2. The fraction of sp³-hybridized carbons (Fsp3) is 0.273. The third kappa shape index (κ3) is 7.27. The second-order valence-corrected chi connectivity index (χ2v) is 9.21. The number of amides is 1. The number of benzene rings is 2. The molecule has 3 aromatic rings. The number of aromatic nitrogens is 1. The Hall–Kier alpha value is -2.16. The van der Waals surface area contributed by atoms with Gasteiger partial charge in [0.2, 0.25) is 5.91 Å². The molecule has 158 valence electrons. The second kappa shape index (κ2) is 11.9. The van der Waals surface area contributed by atoms with E-state index in [2.05, 4.69) is 22.4 Å². The molecule has 3 rings (SSSR count). The van der Waals surface area contributed by atoms with Crippen molar-refractivity contribution >= 4 is 45.9 Å². The van der Waals surface area contributed by atoms with Gasteiger partial charge in [-0.2, -0.15) is 11.8 Å². The minimum atomic E-state index is -0.0204. The average molecular weight is 461 g/mol. The van der Waals surface area contributed by atoms with Crippen molar-refractivity contribution in [3.05, 3.63) is 70.7 Å². The molecule has 0 aliphatic heterocycles. The lowest BCUT2D eigenvalue weighted by atomic mass is 10.2. The van der Waals surface area contributed by atoms with E-state index in [9.17, 15) is 4.79 Å². The summed E-state index contributed by atoms with van der Waals surface area (Å²) in [5, 5.41) is 5.54. The molecule has 8 heteroatoms. The number of carbonyl (C=O) groups excluding carboxylic acids is 1. The fourth-order valence-corrected chi connectivity index (χ4v) is 5.13. The third-order valence-electron chi connectivity index (χ3n) is 4.07. The van der Waals surface area contributed by atoms with Crippen LogP contribution in [0.3, 0.4) is 0 Å². The molecule has 0 aliphatic carbocycles. The van der Waals surface area contributed by atoms with Gasteiger partial charge in [0.1, 0.15) is 11.5 Å². The summed E-state index contributed by atoms with van der Waals surface area (Å²) in [4.78, 5) is 16.7. The summed E-state index contributed by atoms with van der Waals surface area (Å²) in [6, 6.07) is 16.0. The average Bonchev–Trinajstić information content (AvgIpc) is 3.21. The van der Waals surface area contributed by atoms with Gasteiger partial charge in [0.05, 0.1) is 25.7 Å². The quantitative estimate of drug-likeness (QED) is 0.410. The minimum absolute atomic E-state index is 0.0204. The van der Waals surface area contributed by atoms with E-state index in [4.69, 9.17) is 9.47 Å². The van der Waals surface area contributed by atoms with E-state index in [0.717, 1.165) is 40.0 Å². The number of anilines is 1. The molecule has 0 unspecified atom stereocenters. The highest BCUT2D eigenvalue weighted by Crippen LogP contribution is 2.27. The number of nitrogens with one attached hydrogen (secondary N) is 1. The van der Waals surface area contributed by atoms with E-state index in [1.807, 2.05) is 41.8 Å². The molecule has 1 aromatic heterocycles. The Balaban J connectivity index is 1.41. The zero-order valence-corrected chi connectivity index (χ0v) is 19.4. The Kier molecular flexibility index (Phi) is 8.92. The van der Waals surface area contributed by atoms with E-state index < -0.39 is 0 Å². The monoisotopic (exact) mass is 460 g/mol. The van der Waals surface area contributed by atoms with Crippen LogP contribution < -0.4 is 14.8 Å². The van der Waals surface area contributed by atoms with Gasteiger partial charge < -0.3 is 14.8 Å². The number of thioether (sulfide) groups is 2. The molecule has 30 heavy (non-hydrogen) atoms. The van der Waals surface area contributed by atoms with Crippen molar-refractivity contribution < 1.29 is 14.3 Å². The van der Waals surface area contributed by atoms with Gasteiger partial charge in [-0.05, 0) is 23.3 Å². The van der Waals surface area contributed by atoms with Gasteiger partial charge in [-0.15, -0.1) is 23.1 Å². The van der Waals surface area contributed by atoms with Crippen molar-refractivity contribution in [1.82, 2.24) is 4.98 Å². The molecular weight excluding hydrogens is 436 g/mol. The molecule has 1 N–H and O–H groups in total. The predicted molar refractivity (Wildman–Crippen MR) is 128 cm³/mol. The highest BCUT2D eigenvalue weighted by molar-refractivity contribution is 7.99. The molecule has 0 saturated heterocycles. The number of hydrogen-bond donors (Lipinski definition) is 1. The van der Waals surface area contributed by atoms with Crippen LogP contribution in [0.15, 0.2) is 53.9 Å². The first-order chi connectivity index (χ1) is 14.7. The standard InChI is InChI=1S/C22H24N2O3S3/c1-26-19-8-17(9-20(10-19)27-2)12-28-13-18-14-30-22(23-18)24-21(25)15-29-11-16-6-4-3-5-7-16/h3-10,14H,11-13,15H2,1-2H3,(H,23,24,25). The van der Waals surface area contributed by atoms with Gasteiger partial charge in [-0.1, -0.05) is 30.3 Å². The van der Waals surface area contributed by atoms with Crippen molar-refractivity contribution in [2.24, 2.45) is 0 Å². The Bertz CT molecular complexity index is 926. The topological polar surface area (TPSA) is 60.5 Å². The first-order valence-electron chi connectivity index (χ1n) is 9.32. The van der Waals surface area contributed by atoms with E-state index >= 15 is 0 Å². The van der Waals surface area contributed by atoms with Crippen LogP contribution >= 0.6 is 34.9 Å². The first-order valence-corrected chi connectivity index (χ1v) is 12.5. The SMILES string of the molecule is COc1cc(CSCc2csc(NC(=O)CSCc3ccccc3)n2)cc(OC)c1. The summed E-state index contributed by atoms with van der Waals surface area (Å²) in [5.41, 5.74) is 3.32. The van der Waals surface area contributed by atoms with Crippen molar-refractivity contribution in [1.29, 1.82) is 0 Å². The summed E-state index contributed by atoms with van der Waals surface area (Å²) in [6.45, 7) is 0. The van der Waals surface area contributed by atoms with E-state index in [0.29, 0.717) is 10.9 Å². The Morgan fingerprint density at radius 1 is 0.967 bits per heavy atom. The molecule has 0 bridgehead atoms. The zero-order chi connectivity index (χ0) is 21.2. The summed E-state index contributed by atoms with van der Waals surface area (Å²) < 4.78 is 10.6. The van der Waals surface area contributed by atoms with Crippen LogP contribution in [-0.4, -0.2) is 30.9 Å². The smallest absolute Gasteiger partial charge is 0.236 e. The van der Waals surface area contributed by atoms with Gasteiger partial charge in [0, 0.05) is 28.7 Å². The molecule has 1 heterocycles. The molecule has 0 aliphatic rings. The van der Waals surface area contributed by atoms with Crippen LogP contribution in [-0.2, 0) is 22.1 Å². The van der Waals surface area contributed by atoms with Gasteiger partial charge in [-0.25, -0.2) is 4.98 Å². The molecule has 0 fully saturated rings. The van der Waals surface area contributed by atoms with Crippen LogP contribution in [0.5, 0.6) is 11.5 Å². The summed E-state index contributed by atoms with van der Waals surface area (Å²) in [7, 11) is 3.30. The van der Waals surface area contributed by atoms with Gasteiger partial charge in [0.25, 0.3) is 0 Å². The predicted octanol–water partition coefficient (Wildman–Crippen LogP) is 5.47. The van der Waals surface area contributed by atoms with Crippen LogP contribution in [0.1, 0.15) is 16.8 Å². The molecule has 2 aromatic carbocycles. The lowest BCUT2D eigenvalue weighted by Crippen LogP contribution is -2.14. The number of hydrogen-bond acceptors (Lipinski definition) is 7. The number of carbonyl (C=O) groups is 1. The fourth-order valence-electron chi connectivity index (χ4n) is 2.64. The number of thiazole rings is 1.